The van der Waals surface area contributed by atoms with Crippen molar-refractivity contribution in [2.24, 2.45) is 0 Å². The normalized spacial score (nSPS) is 10.0. The zero-order valence-electron chi connectivity index (χ0n) is 8.33. The minimum atomic E-state index is 0.613. The Hall–Kier alpha value is -1.47. The lowest BCUT2D eigenvalue weighted by Crippen LogP contribution is -1.87. The van der Waals surface area contributed by atoms with Gasteiger partial charge in [-0.05, 0) is 6.07 Å². The van der Waals surface area contributed by atoms with Gasteiger partial charge in [-0.1, -0.05) is 48.0 Å². The van der Waals surface area contributed by atoms with E-state index in [1.165, 1.54) is 0 Å². The van der Waals surface area contributed by atoms with Crippen LogP contribution in [0.2, 0.25) is 5.02 Å². The Bertz CT molecular complexity index is 466. The summed E-state index contributed by atoms with van der Waals surface area (Å²) in [7, 11) is 1.65. The fraction of sp³-hybridized carbons (Fsp3) is 0.0769. The number of hydrogen-bond donors (Lipinski definition) is 0. The molecule has 1 nitrogen and oxygen atoms in total. The second-order valence-corrected chi connectivity index (χ2v) is 3.48. The molecule has 0 aliphatic heterocycles. The maximum atomic E-state index is 6.08. The summed E-state index contributed by atoms with van der Waals surface area (Å²) in [6, 6.07) is 16.4. The Kier molecular flexibility index (Phi) is 2.93. The van der Waals surface area contributed by atoms with Gasteiger partial charge in [-0.2, -0.15) is 0 Å². The van der Waals surface area contributed by atoms with Gasteiger partial charge in [0.25, 0.3) is 0 Å². The number of hydrogen-bond acceptors (Lipinski definition) is 1. The van der Waals surface area contributed by atoms with Crippen LogP contribution in [-0.2, 0) is 0 Å². The summed E-state index contributed by atoms with van der Waals surface area (Å²) in [4.78, 5) is 0. The molecule has 2 heteroatoms. The van der Waals surface area contributed by atoms with E-state index in [0.29, 0.717) is 5.02 Å². The molecule has 0 amide bonds. The largest absolute Gasteiger partial charge is 0.496 e. The molecule has 0 aliphatic rings. The van der Waals surface area contributed by atoms with Crippen molar-refractivity contribution in [2.45, 2.75) is 0 Å². The van der Waals surface area contributed by atoms with Crippen LogP contribution in [0.1, 0.15) is 0 Å². The Morgan fingerprint density at radius 1 is 1.07 bits per heavy atom. The van der Waals surface area contributed by atoms with E-state index < -0.39 is 0 Å². The number of methoxy groups -OCH3 is 1. The lowest BCUT2D eigenvalue weighted by Gasteiger charge is -2.09. The van der Waals surface area contributed by atoms with Gasteiger partial charge in [0, 0.05) is 17.2 Å². The standard InChI is InChI=1S/C13H10ClO/c1-15-13-9-5-3-7-11(13)10-6-2-4-8-12(10)14/h2-7,9H,1H3. The first-order valence-corrected chi connectivity index (χ1v) is 5.00. The molecule has 2 rings (SSSR count). The van der Waals surface area contributed by atoms with E-state index in [9.17, 15) is 0 Å². The molecule has 0 saturated heterocycles. The lowest BCUT2D eigenvalue weighted by atomic mass is 10.0. The molecule has 1 radical (unpaired) electrons. The van der Waals surface area contributed by atoms with E-state index in [0.717, 1.165) is 16.9 Å². The van der Waals surface area contributed by atoms with Crippen molar-refractivity contribution in [1.82, 2.24) is 0 Å². The van der Waals surface area contributed by atoms with Crippen molar-refractivity contribution in [3.05, 3.63) is 53.6 Å². The van der Waals surface area contributed by atoms with Crippen LogP contribution in [-0.4, -0.2) is 7.11 Å². The number of halogens is 1. The highest BCUT2D eigenvalue weighted by Gasteiger charge is 2.07. The number of rotatable bonds is 2. The number of para-hydroxylation sites is 1. The quantitative estimate of drug-likeness (QED) is 0.743. The van der Waals surface area contributed by atoms with Crippen LogP contribution in [0.4, 0.5) is 0 Å². The molecular weight excluding hydrogens is 208 g/mol. The summed E-state index contributed by atoms with van der Waals surface area (Å²) in [6.45, 7) is 0. The third kappa shape index (κ3) is 1.97. The van der Waals surface area contributed by atoms with Crippen LogP contribution >= 0.6 is 11.6 Å². The second kappa shape index (κ2) is 4.37. The van der Waals surface area contributed by atoms with Gasteiger partial charge in [0.15, 0.2) is 0 Å². The summed E-state index contributed by atoms with van der Waals surface area (Å²) >= 11 is 6.08. The van der Waals surface area contributed by atoms with Crippen LogP contribution in [0.25, 0.3) is 11.1 Å². The molecule has 15 heavy (non-hydrogen) atoms. The average Bonchev–Trinajstić information content (AvgIpc) is 2.30. The van der Waals surface area contributed by atoms with E-state index in [1.807, 2.05) is 36.4 Å². The molecule has 0 aliphatic carbocycles. The molecular formula is C13H10ClO. The van der Waals surface area contributed by atoms with Crippen LogP contribution in [0.5, 0.6) is 5.75 Å². The highest BCUT2D eigenvalue weighted by molar-refractivity contribution is 6.33. The first kappa shape index (κ1) is 10.1. The second-order valence-electron chi connectivity index (χ2n) is 3.10. The Morgan fingerprint density at radius 3 is 2.53 bits per heavy atom. The monoisotopic (exact) mass is 217 g/mol. The van der Waals surface area contributed by atoms with Crippen LogP contribution in [0.15, 0.2) is 42.5 Å². The van der Waals surface area contributed by atoms with Crippen molar-refractivity contribution in [2.75, 3.05) is 7.11 Å². The van der Waals surface area contributed by atoms with Crippen molar-refractivity contribution in [3.63, 3.8) is 0 Å². The predicted molar refractivity (Wildman–Crippen MR) is 62.3 cm³/mol. The van der Waals surface area contributed by atoms with Gasteiger partial charge in [0.05, 0.1) is 12.1 Å². The molecule has 0 unspecified atom stereocenters. The third-order valence-corrected chi connectivity index (χ3v) is 2.52. The number of benzene rings is 2. The zero-order valence-corrected chi connectivity index (χ0v) is 9.08. The topological polar surface area (TPSA) is 9.23 Å². The predicted octanol–water partition coefficient (Wildman–Crippen LogP) is 3.82. The first-order valence-electron chi connectivity index (χ1n) is 4.62. The Balaban J connectivity index is 2.59. The molecule has 0 fully saturated rings. The van der Waals surface area contributed by atoms with Gasteiger partial charge in [0.1, 0.15) is 5.75 Å². The molecule has 0 bridgehead atoms. The Labute approximate surface area is 94.3 Å². The maximum absolute atomic E-state index is 6.08. The summed E-state index contributed by atoms with van der Waals surface area (Å²) in [6.07, 6.45) is 0. The van der Waals surface area contributed by atoms with E-state index in [-0.39, 0.29) is 0 Å². The smallest absolute Gasteiger partial charge is 0.126 e. The molecule has 0 heterocycles. The molecule has 0 atom stereocenters. The third-order valence-electron chi connectivity index (χ3n) is 2.20. The fourth-order valence-corrected chi connectivity index (χ4v) is 1.72. The van der Waals surface area contributed by atoms with Gasteiger partial charge >= 0.3 is 0 Å². The molecule has 0 N–H and O–H groups in total. The highest BCUT2D eigenvalue weighted by Crippen LogP contribution is 2.33. The maximum Gasteiger partial charge on any atom is 0.126 e. The SMILES string of the molecule is COc1ccccc1-c1ccc[c]c1Cl. The van der Waals surface area contributed by atoms with Crippen molar-refractivity contribution >= 4 is 11.6 Å². The van der Waals surface area contributed by atoms with Gasteiger partial charge in [-0.3, -0.25) is 0 Å². The van der Waals surface area contributed by atoms with Gasteiger partial charge in [-0.15, -0.1) is 0 Å². The van der Waals surface area contributed by atoms with E-state index >= 15 is 0 Å². The summed E-state index contributed by atoms with van der Waals surface area (Å²) in [5.41, 5.74) is 1.93. The molecule has 2 aromatic rings. The zero-order chi connectivity index (χ0) is 10.7. The fourth-order valence-electron chi connectivity index (χ4n) is 1.49. The van der Waals surface area contributed by atoms with Gasteiger partial charge in [0.2, 0.25) is 0 Å². The number of ether oxygens (including phenoxy) is 1. The Morgan fingerprint density at radius 2 is 1.80 bits per heavy atom. The average molecular weight is 218 g/mol. The molecule has 2 aromatic carbocycles. The van der Waals surface area contributed by atoms with Crippen LogP contribution in [0.3, 0.4) is 0 Å². The molecule has 75 valence electrons. The van der Waals surface area contributed by atoms with E-state index in [1.54, 1.807) is 13.2 Å². The molecule has 0 aromatic heterocycles. The van der Waals surface area contributed by atoms with Crippen molar-refractivity contribution < 1.29 is 4.74 Å². The van der Waals surface area contributed by atoms with Crippen LogP contribution < -0.4 is 4.74 Å². The summed E-state index contributed by atoms with van der Waals surface area (Å²) in [5, 5.41) is 0.613. The summed E-state index contributed by atoms with van der Waals surface area (Å²) in [5.74, 6) is 0.819. The first-order chi connectivity index (χ1) is 7.33. The minimum absolute atomic E-state index is 0.613. The van der Waals surface area contributed by atoms with Gasteiger partial charge < -0.3 is 4.74 Å². The molecule has 0 saturated carbocycles. The van der Waals surface area contributed by atoms with Crippen molar-refractivity contribution in [3.8, 4) is 16.9 Å². The van der Waals surface area contributed by atoms with Crippen molar-refractivity contribution in [1.29, 1.82) is 0 Å². The van der Waals surface area contributed by atoms with Crippen LogP contribution in [0, 0.1) is 6.07 Å². The highest BCUT2D eigenvalue weighted by atomic mass is 35.5. The van der Waals surface area contributed by atoms with E-state index in [4.69, 9.17) is 16.3 Å². The lowest BCUT2D eigenvalue weighted by molar-refractivity contribution is 0.416. The summed E-state index contributed by atoms with van der Waals surface area (Å²) < 4.78 is 5.28. The van der Waals surface area contributed by atoms with E-state index in [2.05, 4.69) is 6.07 Å². The van der Waals surface area contributed by atoms with Gasteiger partial charge in [-0.25, -0.2) is 0 Å². The minimum Gasteiger partial charge on any atom is -0.496 e. The molecule has 0 spiro atoms.